The van der Waals surface area contributed by atoms with Gasteiger partial charge in [0.25, 0.3) is 0 Å². The maximum Gasteiger partial charge on any atom is 0.340 e. The van der Waals surface area contributed by atoms with Crippen molar-refractivity contribution >= 4 is 34.3 Å². The van der Waals surface area contributed by atoms with Crippen molar-refractivity contribution in [2.45, 2.75) is 39.2 Å². The first-order valence-electron chi connectivity index (χ1n) is 13.5. The molecule has 204 valence electrons. The van der Waals surface area contributed by atoms with E-state index >= 15 is 0 Å². The number of piperidine rings is 1. The van der Waals surface area contributed by atoms with Crippen molar-refractivity contribution in [3.63, 3.8) is 0 Å². The molecule has 0 unspecified atom stereocenters. The molecular formula is C29H38ClN5O3. The molecule has 1 aromatic carbocycles. The van der Waals surface area contributed by atoms with E-state index in [4.69, 9.17) is 26.1 Å². The highest BCUT2D eigenvalue weighted by atomic mass is 35.5. The van der Waals surface area contributed by atoms with Crippen LogP contribution in [0, 0.1) is 5.92 Å². The molecule has 0 bridgehead atoms. The van der Waals surface area contributed by atoms with Gasteiger partial charge in [0.2, 0.25) is 5.88 Å². The van der Waals surface area contributed by atoms with Gasteiger partial charge in [-0.3, -0.25) is 4.90 Å². The lowest BCUT2D eigenvalue weighted by molar-refractivity contribution is 0.00719. The van der Waals surface area contributed by atoms with Crippen molar-refractivity contribution < 1.29 is 14.3 Å². The van der Waals surface area contributed by atoms with Crippen LogP contribution in [0.5, 0.6) is 5.88 Å². The molecule has 0 saturated carbocycles. The average molecular weight is 540 g/mol. The largest absolute Gasteiger partial charge is 0.480 e. The quantitative estimate of drug-likeness (QED) is 0.428. The maximum atomic E-state index is 12.8. The highest BCUT2D eigenvalue weighted by Crippen LogP contribution is 2.38. The number of benzene rings is 1. The van der Waals surface area contributed by atoms with Gasteiger partial charge in [0.05, 0.1) is 17.7 Å². The highest BCUT2D eigenvalue weighted by Gasteiger charge is 2.25. The van der Waals surface area contributed by atoms with Crippen LogP contribution < -0.4 is 15.0 Å². The zero-order valence-electron chi connectivity index (χ0n) is 22.8. The Morgan fingerprint density at radius 1 is 1.11 bits per heavy atom. The standard InChI is InChI=1S/C29H38ClN5O3/c1-29(2,3)38-28(36)23-17-32-25-16-24(30)21(15-22(23)25)20-5-6-26(33-27(20)37-4)35-13-11-34(12-14-35)18-19-7-9-31-10-8-19/h5-6,15-17,19,31-32H,7-14,18H2,1-4H3. The molecule has 0 spiro atoms. The van der Waals surface area contributed by atoms with Gasteiger partial charge in [-0.15, -0.1) is 0 Å². The lowest BCUT2D eigenvalue weighted by Gasteiger charge is -2.38. The van der Waals surface area contributed by atoms with Gasteiger partial charge >= 0.3 is 5.97 Å². The van der Waals surface area contributed by atoms with Crippen LogP contribution in [0.2, 0.25) is 5.02 Å². The monoisotopic (exact) mass is 539 g/mol. The van der Waals surface area contributed by atoms with Crippen molar-refractivity contribution in [1.82, 2.24) is 20.2 Å². The number of halogens is 1. The number of ether oxygens (including phenoxy) is 2. The number of carbonyl (C=O) groups is 1. The smallest absolute Gasteiger partial charge is 0.340 e. The van der Waals surface area contributed by atoms with E-state index in [1.54, 1.807) is 13.3 Å². The summed E-state index contributed by atoms with van der Waals surface area (Å²) < 4.78 is 11.3. The number of aromatic amines is 1. The predicted octanol–water partition coefficient (Wildman–Crippen LogP) is 4.97. The van der Waals surface area contributed by atoms with E-state index in [0.717, 1.165) is 73.0 Å². The first-order chi connectivity index (χ1) is 18.2. The predicted molar refractivity (Wildman–Crippen MR) is 153 cm³/mol. The Hall–Kier alpha value is -2.81. The molecule has 0 aliphatic carbocycles. The SMILES string of the molecule is COc1nc(N2CCN(CC3CCNCC3)CC2)ccc1-c1cc2c(C(=O)OC(C)(C)C)c[nH]c2cc1Cl. The Balaban J connectivity index is 1.35. The number of aromatic nitrogens is 2. The number of rotatable bonds is 6. The molecule has 2 fully saturated rings. The number of pyridine rings is 1. The van der Waals surface area contributed by atoms with E-state index in [0.29, 0.717) is 16.5 Å². The molecule has 2 aliphatic heterocycles. The molecular weight excluding hydrogens is 502 g/mol. The summed E-state index contributed by atoms with van der Waals surface area (Å²) in [5.74, 6) is 1.84. The third kappa shape index (κ3) is 5.92. The minimum Gasteiger partial charge on any atom is -0.480 e. The molecule has 0 radical (unpaired) electrons. The molecule has 2 saturated heterocycles. The summed E-state index contributed by atoms with van der Waals surface area (Å²) in [7, 11) is 1.63. The van der Waals surface area contributed by atoms with Gasteiger partial charge in [0.1, 0.15) is 11.4 Å². The summed E-state index contributed by atoms with van der Waals surface area (Å²) in [6.45, 7) is 13.0. The number of hydrogen-bond acceptors (Lipinski definition) is 7. The lowest BCUT2D eigenvalue weighted by Crippen LogP contribution is -2.48. The van der Waals surface area contributed by atoms with Crippen molar-refractivity contribution in [3.8, 4) is 17.0 Å². The maximum absolute atomic E-state index is 12.8. The fourth-order valence-corrected chi connectivity index (χ4v) is 5.67. The summed E-state index contributed by atoms with van der Waals surface area (Å²) in [4.78, 5) is 25.7. The Labute approximate surface area is 229 Å². The van der Waals surface area contributed by atoms with Gasteiger partial charge < -0.3 is 24.7 Å². The third-order valence-electron chi connectivity index (χ3n) is 7.39. The molecule has 2 N–H and O–H groups in total. The van der Waals surface area contributed by atoms with Crippen molar-refractivity contribution in [1.29, 1.82) is 0 Å². The van der Waals surface area contributed by atoms with Gasteiger partial charge in [-0.2, -0.15) is 4.98 Å². The van der Waals surface area contributed by atoms with E-state index in [1.165, 1.54) is 19.4 Å². The van der Waals surface area contributed by atoms with Crippen LogP contribution in [-0.4, -0.2) is 79.4 Å². The van der Waals surface area contributed by atoms with Gasteiger partial charge in [-0.05, 0) is 76.9 Å². The normalized spacial score (nSPS) is 17.7. The molecule has 9 heteroatoms. The summed E-state index contributed by atoms with van der Waals surface area (Å²) in [5, 5.41) is 4.75. The molecule has 3 aromatic rings. The first-order valence-corrected chi connectivity index (χ1v) is 13.9. The topological polar surface area (TPSA) is 82.7 Å². The number of carbonyl (C=O) groups excluding carboxylic acids is 1. The Bertz CT molecular complexity index is 1290. The summed E-state index contributed by atoms with van der Waals surface area (Å²) >= 11 is 6.71. The average Bonchev–Trinajstić information content (AvgIpc) is 3.31. The number of nitrogens with one attached hydrogen (secondary N) is 2. The number of nitrogens with zero attached hydrogens (tertiary/aromatic N) is 3. The van der Waals surface area contributed by atoms with Crippen molar-refractivity contribution in [2.75, 3.05) is 57.8 Å². The molecule has 0 amide bonds. The van der Waals surface area contributed by atoms with Crippen molar-refractivity contribution in [2.24, 2.45) is 5.92 Å². The van der Waals surface area contributed by atoms with Gasteiger partial charge in [0, 0.05) is 61.0 Å². The lowest BCUT2D eigenvalue weighted by atomic mass is 9.97. The van der Waals surface area contributed by atoms with E-state index in [1.807, 2.05) is 45.0 Å². The minimum absolute atomic E-state index is 0.378. The van der Waals surface area contributed by atoms with Gasteiger partial charge in [0.15, 0.2) is 0 Å². The minimum atomic E-state index is -0.586. The summed E-state index contributed by atoms with van der Waals surface area (Å²) in [5.41, 5.74) is 2.19. The molecule has 4 heterocycles. The molecule has 0 atom stereocenters. The Morgan fingerprint density at radius 3 is 2.53 bits per heavy atom. The second-order valence-corrected chi connectivity index (χ2v) is 11.7. The van der Waals surface area contributed by atoms with Crippen LogP contribution in [0.4, 0.5) is 5.82 Å². The Morgan fingerprint density at radius 2 is 1.84 bits per heavy atom. The van der Waals surface area contributed by atoms with Crippen LogP contribution in [0.15, 0.2) is 30.5 Å². The zero-order chi connectivity index (χ0) is 26.9. The van der Waals surface area contributed by atoms with Gasteiger partial charge in [-0.1, -0.05) is 11.6 Å². The second-order valence-electron chi connectivity index (χ2n) is 11.3. The van der Waals surface area contributed by atoms with Crippen LogP contribution in [0.25, 0.3) is 22.0 Å². The van der Waals surface area contributed by atoms with E-state index in [9.17, 15) is 4.79 Å². The number of H-pyrrole nitrogens is 1. The molecule has 38 heavy (non-hydrogen) atoms. The van der Waals surface area contributed by atoms with Crippen molar-refractivity contribution in [3.05, 3.63) is 41.0 Å². The van der Waals surface area contributed by atoms with Crippen LogP contribution >= 0.6 is 11.6 Å². The number of fused-ring (bicyclic) bond motifs is 1. The fraction of sp³-hybridized carbons (Fsp3) is 0.517. The molecule has 2 aromatic heterocycles. The van der Waals surface area contributed by atoms with E-state index in [-0.39, 0.29) is 5.97 Å². The molecule has 2 aliphatic rings. The zero-order valence-corrected chi connectivity index (χ0v) is 23.5. The van der Waals surface area contributed by atoms with E-state index < -0.39 is 5.60 Å². The fourth-order valence-electron chi connectivity index (χ4n) is 5.41. The number of methoxy groups -OCH3 is 1. The van der Waals surface area contributed by atoms with Gasteiger partial charge in [-0.25, -0.2) is 4.79 Å². The second kappa shape index (κ2) is 11.1. The summed E-state index contributed by atoms with van der Waals surface area (Å²) in [6.07, 6.45) is 4.22. The number of anilines is 1. The third-order valence-corrected chi connectivity index (χ3v) is 7.70. The highest BCUT2D eigenvalue weighted by molar-refractivity contribution is 6.34. The van der Waals surface area contributed by atoms with Crippen LogP contribution in [0.1, 0.15) is 44.0 Å². The van der Waals surface area contributed by atoms with Crippen LogP contribution in [-0.2, 0) is 4.74 Å². The number of hydrogen-bond donors (Lipinski definition) is 2. The van der Waals surface area contributed by atoms with E-state index in [2.05, 4.69) is 20.1 Å². The van der Waals surface area contributed by atoms with Crippen LogP contribution in [0.3, 0.4) is 0 Å². The Kier molecular flexibility index (Phi) is 7.84. The number of esters is 1. The number of piperazine rings is 1. The molecule has 8 nitrogen and oxygen atoms in total. The first kappa shape index (κ1) is 26.8. The molecule has 5 rings (SSSR count). The summed E-state index contributed by atoms with van der Waals surface area (Å²) in [6, 6.07) is 7.78.